The van der Waals surface area contributed by atoms with E-state index in [0.717, 1.165) is 0 Å². The predicted octanol–water partition coefficient (Wildman–Crippen LogP) is 2.15. The molecular weight excluding hydrogens is 258 g/mol. The Balaban J connectivity index is 1.74. The fourth-order valence-electron chi connectivity index (χ4n) is 2.26. The molecule has 0 spiro atoms. The van der Waals surface area contributed by atoms with Crippen molar-refractivity contribution in [3.05, 3.63) is 29.3 Å². The van der Waals surface area contributed by atoms with Gasteiger partial charge >= 0.3 is 0 Å². The smallest absolute Gasteiger partial charge is 0.230 e. The number of rotatable bonds is 6. The van der Waals surface area contributed by atoms with Gasteiger partial charge < -0.3 is 10.4 Å². The predicted molar refractivity (Wildman–Crippen MR) is 78.5 cm³/mol. The summed E-state index contributed by atoms with van der Waals surface area (Å²) in [4.78, 5) is 12.8. The molecule has 0 radical (unpaired) electrons. The number of hydrogen-bond donors (Lipinski definition) is 2. The third-order valence-corrected chi connectivity index (χ3v) is 4.32. The van der Waals surface area contributed by atoms with Crippen LogP contribution in [-0.4, -0.2) is 29.4 Å². The quantitative estimate of drug-likeness (QED) is 0.785. The van der Waals surface area contributed by atoms with Crippen LogP contribution in [-0.2, 0) is 17.6 Å². The van der Waals surface area contributed by atoms with E-state index in [1.807, 2.05) is 0 Å². The normalized spacial score (nSPS) is 15.1. The van der Waals surface area contributed by atoms with Crippen LogP contribution < -0.4 is 5.32 Å². The Kier molecular flexibility index (Phi) is 5.28. The van der Waals surface area contributed by atoms with E-state index in [9.17, 15) is 4.79 Å². The first-order valence-corrected chi connectivity index (χ1v) is 7.83. The molecule has 104 valence electrons. The number of aliphatic hydroxyl groups is 1. The van der Waals surface area contributed by atoms with Crippen molar-refractivity contribution >= 4 is 17.7 Å². The van der Waals surface area contributed by atoms with Crippen LogP contribution in [0.1, 0.15) is 30.9 Å². The number of fused-ring (bicyclic) bond motifs is 1. The van der Waals surface area contributed by atoms with Crippen LogP contribution in [0.25, 0.3) is 0 Å². The Morgan fingerprint density at radius 3 is 3.00 bits per heavy atom. The Hall–Kier alpha value is -1.00. The summed E-state index contributed by atoms with van der Waals surface area (Å²) in [7, 11) is 0. The zero-order valence-electron chi connectivity index (χ0n) is 11.3. The number of benzene rings is 1. The van der Waals surface area contributed by atoms with Gasteiger partial charge in [-0.05, 0) is 55.9 Å². The minimum Gasteiger partial charge on any atom is -0.393 e. The third kappa shape index (κ3) is 4.55. The molecule has 2 N–H and O–H groups in total. The maximum absolute atomic E-state index is 11.6. The molecule has 0 heterocycles. The van der Waals surface area contributed by atoms with Crippen molar-refractivity contribution in [1.82, 2.24) is 5.32 Å². The van der Waals surface area contributed by atoms with E-state index in [4.69, 9.17) is 5.11 Å². The first-order valence-electron chi connectivity index (χ1n) is 6.84. The van der Waals surface area contributed by atoms with Crippen LogP contribution in [0.5, 0.6) is 0 Å². The number of amides is 1. The van der Waals surface area contributed by atoms with E-state index in [2.05, 4.69) is 23.5 Å². The highest BCUT2D eigenvalue weighted by Crippen LogP contribution is 2.27. The lowest BCUT2D eigenvalue weighted by atomic mass is 10.1. The number of aliphatic hydroxyl groups excluding tert-OH is 1. The Bertz CT molecular complexity index is 446. The van der Waals surface area contributed by atoms with Crippen molar-refractivity contribution in [2.24, 2.45) is 0 Å². The average molecular weight is 279 g/mol. The van der Waals surface area contributed by atoms with Gasteiger partial charge in [-0.15, -0.1) is 11.8 Å². The van der Waals surface area contributed by atoms with Gasteiger partial charge in [-0.1, -0.05) is 6.07 Å². The van der Waals surface area contributed by atoms with Gasteiger partial charge in [0.15, 0.2) is 0 Å². The average Bonchev–Trinajstić information content (AvgIpc) is 2.83. The lowest BCUT2D eigenvalue weighted by molar-refractivity contribution is -0.118. The second-order valence-corrected chi connectivity index (χ2v) is 6.11. The van der Waals surface area contributed by atoms with E-state index in [1.54, 1.807) is 18.7 Å². The molecule has 19 heavy (non-hydrogen) atoms. The lowest BCUT2D eigenvalue weighted by Gasteiger charge is -2.07. The van der Waals surface area contributed by atoms with Gasteiger partial charge in [0.05, 0.1) is 11.9 Å². The number of aryl methyl sites for hydroxylation is 2. The van der Waals surface area contributed by atoms with Crippen molar-refractivity contribution in [3.8, 4) is 0 Å². The minimum absolute atomic E-state index is 0.0335. The van der Waals surface area contributed by atoms with E-state index in [-0.39, 0.29) is 12.0 Å². The monoisotopic (exact) mass is 279 g/mol. The molecule has 1 aromatic carbocycles. The second kappa shape index (κ2) is 6.96. The fraction of sp³-hybridized carbons (Fsp3) is 0.533. The van der Waals surface area contributed by atoms with Gasteiger partial charge in [0.2, 0.25) is 5.91 Å². The summed E-state index contributed by atoms with van der Waals surface area (Å²) in [6.45, 7) is 2.27. The molecule has 0 aromatic heterocycles. The Morgan fingerprint density at radius 1 is 1.42 bits per heavy atom. The van der Waals surface area contributed by atoms with Gasteiger partial charge in [-0.2, -0.15) is 0 Å². The standard InChI is InChI=1S/C15H21NO2S/c1-11(17)7-8-16-15(18)10-19-14-6-5-12-3-2-4-13(12)9-14/h5-6,9,11,17H,2-4,7-8,10H2,1H3,(H,16,18). The van der Waals surface area contributed by atoms with Gasteiger partial charge in [0.25, 0.3) is 0 Å². The summed E-state index contributed by atoms with van der Waals surface area (Å²) in [6, 6.07) is 6.52. The highest BCUT2D eigenvalue weighted by Gasteiger charge is 2.11. The van der Waals surface area contributed by atoms with E-state index < -0.39 is 0 Å². The molecule has 1 atom stereocenters. The summed E-state index contributed by atoms with van der Waals surface area (Å²) < 4.78 is 0. The van der Waals surface area contributed by atoms with Crippen LogP contribution in [0.15, 0.2) is 23.1 Å². The molecule has 1 aromatic rings. The molecule has 0 bridgehead atoms. The van der Waals surface area contributed by atoms with E-state index in [1.165, 1.54) is 35.3 Å². The van der Waals surface area contributed by atoms with Crippen LogP contribution >= 0.6 is 11.8 Å². The van der Waals surface area contributed by atoms with Crippen molar-refractivity contribution in [2.45, 2.75) is 43.6 Å². The van der Waals surface area contributed by atoms with Crippen LogP contribution in [0.2, 0.25) is 0 Å². The summed E-state index contributed by atoms with van der Waals surface area (Å²) in [5.74, 6) is 0.477. The molecule has 0 fully saturated rings. The molecule has 0 saturated heterocycles. The topological polar surface area (TPSA) is 49.3 Å². The molecule has 3 nitrogen and oxygen atoms in total. The van der Waals surface area contributed by atoms with Gasteiger partial charge in [-0.3, -0.25) is 4.79 Å². The van der Waals surface area contributed by atoms with Gasteiger partial charge in [0, 0.05) is 11.4 Å². The molecule has 0 saturated carbocycles. The number of nitrogens with one attached hydrogen (secondary N) is 1. The van der Waals surface area contributed by atoms with Crippen molar-refractivity contribution in [2.75, 3.05) is 12.3 Å². The summed E-state index contributed by atoms with van der Waals surface area (Å²) in [5.41, 5.74) is 2.91. The van der Waals surface area contributed by atoms with Crippen LogP contribution in [0.3, 0.4) is 0 Å². The second-order valence-electron chi connectivity index (χ2n) is 5.06. The molecule has 1 aliphatic rings. The zero-order chi connectivity index (χ0) is 13.7. The summed E-state index contributed by atoms with van der Waals surface area (Å²) in [5, 5.41) is 11.9. The number of carbonyl (C=O) groups excluding carboxylic acids is 1. The zero-order valence-corrected chi connectivity index (χ0v) is 12.1. The molecule has 2 rings (SSSR count). The first-order chi connectivity index (χ1) is 9.15. The van der Waals surface area contributed by atoms with Gasteiger partial charge in [0.1, 0.15) is 0 Å². The molecular formula is C15H21NO2S. The molecule has 0 aliphatic heterocycles. The SMILES string of the molecule is CC(O)CCNC(=O)CSc1ccc2c(c1)CCC2. The van der Waals surface area contributed by atoms with Crippen LogP contribution in [0, 0.1) is 0 Å². The van der Waals surface area contributed by atoms with Crippen molar-refractivity contribution in [3.63, 3.8) is 0 Å². The summed E-state index contributed by atoms with van der Waals surface area (Å²) in [6.07, 6.45) is 3.87. The lowest BCUT2D eigenvalue weighted by Crippen LogP contribution is -2.27. The molecule has 1 aliphatic carbocycles. The number of thioether (sulfide) groups is 1. The fourth-order valence-corrected chi connectivity index (χ4v) is 3.05. The van der Waals surface area contributed by atoms with Crippen LogP contribution in [0.4, 0.5) is 0 Å². The van der Waals surface area contributed by atoms with Crippen molar-refractivity contribution in [1.29, 1.82) is 0 Å². The Morgan fingerprint density at radius 2 is 2.21 bits per heavy atom. The highest BCUT2D eigenvalue weighted by atomic mass is 32.2. The number of hydrogen-bond acceptors (Lipinski definition) is 3. The molecule has 4 heteroatoms. The molecule has 1 unspecified atom stereocenters. The summed E-state index contributed by atoms with van der Waals surface area (Å²) >= 11 is 1.58. The largest absolute Gasteiger partial charge is 0.393 e. The van der Waals surface area contributed by atoms with Gasteiger partial charge in [-0.25, -0.2) is 0 Å². The minimum atomic E-state index is -0.357. The van der Waals surface area contributed by atoms with Crippen molar-refractivity contribution < 1.29 is 9.90 Å². The van der Waals surface area contributed by atoms with E-state index >= 15 is 0 Å². The molecule has 1 amide bonds. The highest BCUT2D eigenvalue weighted by molar-refractivity contribution is 8.00. The maximum atomic E-state index is 11.6. The first kappa shape index (κ1) is 14.4. The Labute approximate surface area is 118 Å². The number of carbonyl (C=O) groups is 1. The maximum Gasteiger partial charge on any atom is 0.230 e. The van der Waals surface area contributed by atoms with E-state index in [0.29, 0.717) is 18.7 Å². The third-order valence-electron chi connectivity index (χ3n) is 3.32.